The van der Waals surface area contributed by atoms with Crippen molar-refractivity contribution in [2.75, 3.05) is 0 Å². The Kier molecular flexibility index (Phi) is 3.25. The number of nitriles is 1. The molecule has 0 aliphatic carbocycles. The summed E-state index contributed by atoms with van der Waals surface area (Å²) in [6.07, 6.45) is -5.04. The zero-order valence-corrected chi connectivity index (χ0v) is 8.71. The lowest BCUT2D eigenvalue weighted by Gasteiger charge is -2.08. The Morgan fingerprint density at radius 3 is 2.41 bits per heavy atom. The molecule has 0 atom stereocenters. The molecule has 0 fully saturated rings. The monoisotopic (exact) mass is 267 g/mol. The molecule has 0 saturated heterocycles. The number of rotatable bonds is 2. The van der Waals surface area contributed by atoms with Gasteiger partial charge in [0.15, 0.2) is 5.03 Å². The Labute approximate surface area is 93.5 Å². The van der Waals surface area contributed by atoms with Crippen molar-refractivity contribution in [3.05, 3.63) is 17.7 Å². The smallest absolute Gasteiger partial charge is 0.388 e. The summed E-state index contributed by atoms with van der Waals surface area (Å²) in [7, 11) is -4.32. The Hall–Kier alpha value is -1.86. The van der Waals surface area contributed by atoms with Crippen LogP contribution in [0.5, 0.6) is 5.88 Å². The first-order valence-corrected chi connectivity index (χ1v) is 5.37. The Bertz CT molecular complexity index is 576. The molecular formula is C7H4F3N3O3S. The average molecular weight is 267 g/mol. The van der Waals surface area contributed by atoms with E-state index in [0.29, 0.717) is 6.07 Å². The van der Waals surface area contributed by atoms with E-state index >= 15 is 0 Å². The fourth-order valence-electron chi connectivity index (χ4n) is 0.862. The second kappa shape index (κ2) is 4.19. The predicted molar refractivity (Wildman–Crippen MR) is 47.0 cm³/mol. The number of nitrogens with two attached hydrogens (primary N) is 1. The minimum absolute atomic E-state index is 0.372. The summed E-state index contributed by atoms with van der Waals surface area (Å²) in [5, 5.41) is 12.3. The van der Waals surface area contributed by atoms with Crippen LogP contribution in [0.25, 0.3) is 0 Å². The van der Waals surface area contributed by atoms with Gasteiger partial charge in [-0.15, -0.1) is 13.2 Å². The van der Waals surface area contributed by atoms with Crippen molar-refractivity contribution in [3.8, 4) is 11.9 Å². The molecule has 6 nitrogen and oxygen atoms in total. The Morgan fingerprint density at radius 1 is 1.41 bits per heavy atom. The van der Waals surface area contributed by atoms with Crippen molar-refractivity contribution in [1.29, 1.82) is 5.26 Å². The molecular weight excluding hydrogens is 263 g/mol. The molecule has 1 rings (SSSR count). The molecule has 0 aromatic carbocycles. The third kappa shape index (κ3) is 3.89. The largest absolute Gasteiger partial charge is 0.574 e. The van der Waals surface area contributed by atoms with Gasteiger partial charge in [0.1, 0.15) is 0 Å². The molecule has 2 N–H and O–H groups in total. The molecule has 0 saturated carbocycles. The molecule has 17 heavy (non-hydrogen) atoms. The van der Waals surface area contributed by atoms with Crippen LogP contribution in [0.1, 0.15) is 5.56 Å². The summed E-state index contributed by atoms with van der Waals surface area (Å²) < 4.78 is 60.8. The number of alkyl halides is 3. The van der Waals surface area contributed by atoms with Crippen molar-refractivity contribution >= 4 is 10.0 Å². The van der Waals surface area contributed by atoms with Crippen LogP contribution in [-0.2, 0) is 10.0 Å². The van der Waals surface area contributed by atoms with Gasteiger partial charge in [0.2, 0.25) is 5.88 Å². The van der Waals surface area contributed by atoms with Gasteiger partial charge >= 0.3 is 6.36 Å². The number of aromatic nitrogens is 1. The van der Waals surface area contributed by atoms with Crippen molar-refractivity contribution in [2.24, 2.45) is 5.14 Å². The number of halogens is 3. The first-order valence-electron chi connectivity index (χ1n) is 3.82. The summed E-state index contributed by atoms with van der Waals surface area (Å²) in [6.45, 7) is 0. The molecule has 0 spiro atoms. The SMILES string of the molecule is N#Cc1cc(OC(F)(F)F)nc(S(N)(=O)=O)c1. The topological polar surface area (TPSA) is 106 Å². The summed E-state index contributed by atoms with van der Waals surface area (Å²) in [5.41, 5.74) is -0.372. The number of primary sulfonamides is 1. The Morgan fingerprint density at radius 2 is 2.00 bits per heavy atom. The van der Waals surface area contributed by atoms with E-state index in [0.717, 1.165) is 6.07 Å². The van der Waals surface area contributed by atoms with Gasteiger partial charge in [-0.3, -0.25) is 0 Å². The molecule has 0 aliphatic rings. The molecule has 0 amide bonds. The van der Waals surface area contributed by atoms with E-state index in [9.17, 15) is 21.6 Å². The van der Waals surface area contributed by atoms with Gasteiger partial charge in [-0.25, -0.2) is 13.6 Å². The van der Waals surface area contributed by atoms with Crippen molar-refractivity contribution in [1.82, 2.24) is 4.98 Å². The summed E-state index contributed by atoms with van der Waals surface area (Å²) in [5.74, 6) is -1.07. The van der Waals surface area contributed by atoms with Crippen LogP contribution in [0.3, 0.4) is 0 Å². The molecule has 10 heteroatoms. The standard InChI is InChI=1S/C7H4F3N3O3S/c8-7(9,10)16-5-1-4(3-11)2-6(13-5)17(12,14)15/h1-2H,(H2,12,14,15). The van der Waals surface area contributed by atoms with Gasteiger partial charge < -0.3 is 4.74 Å². The molecule has 0 radical (unpaired) electrons. The highest BCUT2D eigenvalue weighted by Gasteiger charge is 2.32. The van der Waals surface area contributed by atoms with E-state index in [-0.39, 0.29) is 5.56 Å². The number of pyridine rings is 1. The quantitative estimate of drug-likeness (QED) is 0.839. The second-order valence-corrected chi connectivity index (χ2v) is 4.25. The van der Waals surface area contributed by atoms with Gasteiger partial charge in [-0.05, 0) is 6.07 Å². The molecule has 1 heterocycles. The predicted octanol–water partition coefficient (Wildman–Crippen LogP) is 0.499. The maximum absolute atomic E-state index is 11.9. The third-order valence-electron chi connectivity index (χ3n) is 1.42. The maximum Gasteiger partial charge on any atom is 0.574 e. The van der Waals surface area contributed by atoms with Crippen LogP contribution in [0.4, 0.5) is 13.2 Å². The van der Waals surface area contributed by atoms with E-state index in [2.05, 4.69) is 14.9 Å². The average Bonchev–Trinajstić information content (AvgIpc) is 2.13. The van der Waals surface area contributed by atoms with Gasteiger partial charge in [0.25, 0.3) is 10.0 Å². The van der Waals surface area contributed by atoms with E-state index in [4.69, 9.17) is 5.26 Å². The van der Waals surface area contributed by atoms with Crippen LogP contribution in [-0.4, -0.2) is 19.8 Å². The summed E-state index contributed by atoms with van der Waals surface area (Å²) in [4.78, 5) is 3.03. The Balaban J connectivity index is 3.31. The summed E-state index contributed by atoms with van der Waals surface area (Å²) in [6, 6.07) is 2.83. The highest BCUT2D eigenvalue weighted by atomic mass is 32.2. The lowest BCUT2D eigenvalue weighted by molar-refractivity contribution is -0.276. The first kappa shape index (κ1) is 13.2. The molecule has 0 bridgehead atoms. The van der Waals surface area contributed by atoms with Crippen LogP contribution >= 0.6 is 0 Å². The number of hydrogen-bond donors (Lipinski definition) is 1. The van der Waals surface area contributed by atoms with Gasteiger partial charge in [-0.2, -0.15) is 10.2 Å². The molecule has 92 valence electrons. The van der Waals surface area contributed by atoms with Crippen LogP contribution in [0.15, 0.2) is 17.2 Å². The first-order chi connectivity index (χ1) is 7.62. The van der Waals surface area contributed by atoms with Crippen molar-refractivity contribution in [3.63, 3.8) is 0 Å². The lowest BCUT2D eigenvalue weighted by Crippen LogP contribution is -2.20. The third-order valence-corrected chi connectivity index (χ3v) is 2.21. The van der Waals surface area contributed by atoms with Crippen LogP contribution in [0.2, 0.25) is 0 Å². The van der Waals surface area contributed by atoms with Crippen molar-refractivity contribution in [2.45, 2.75) is 11.4 Å². The highest BCUT2D eigenvalue weighted by molar-refractivity contribution is 7.89. The second-order valence-electron chi connectivity index (χ2n) is 2.74. The fourth-order valence-corrected chi connectivity index (χ4v) is 1.37. The minimum Gasteiger partial charge on any atom is -0.388 e. The fraction of sp³-hybridized carbons (Fsp3) is 0.143. The number of ether oxygens (including phenoxy) is 1. The molecule has 0 aliphatic heterocycles. The van der Waals surface area contributed by atoms with Crippen molar-refractivity contribution < 1.29 is 26.3 Å². The zero-order valence-electron chi connectivity index (χ0n) is 7.89. The van der Waals surface area contributed by atoms with Crippen LogP contribution in [0, 0.1) is 11.3 Å². The number of nitrogens with zero attached hydrogens (tertiary/aromatic N) is 2. The highest BCUT2D eigenvalue weighted by Crippen LogP contribution is 2.23. The molecule has 1 aromatic rings. The van der Waals surface area contributed by atoms with Crippen LogP contribution < -0.4 is 9.88 Å². The number of hydrogen-bond acceptors (Lipinski definition) is 5. The minimum atomic E-state index is -5.04. The normalized spacial score (nSPS) is 11.9. The van der Waals surface area contributed by atoms with Gasteiger partial charge in [0.05, 0.1) is 11.6 Å². The summed E-state index contributed by atoms with van der Waals surface area (Å²) >= 11 is 0. The number of sulfonamides is 1. The van der Waals surface area contributed by atoms with Gasteiger partial charge in [0, 0.05) is 6.07 Å². The van der Waals surface area contributed by atoms with Gasteiger partial charge in [-0.1, -0.05) is 0 Å². The van der Waals surface area contributed by atoms with E-state index in [1.54, 1.807) is 0 Å². The van der Waals surface area contributed by atoms with E-state index < -0.39 is 27.3 Å². The molecule has 1 aromatic heterocycles. The molecule has 0 unspecified atom stereocenters. The van der Waals surface area contributed by atoms with E-state index in [1.165, 1.54) is 6.07 Å². The lowest BCUT2D eigenvalue weighted by atomic mass is 10.3. The maximum atomic E-state index is 11.9. The van der Waals surface area contributed by atoms with E-state index in [1.807, 2.05) is 0 Å². The zero-order chi connectivity index (χ0) is 13.3.